The molecule has 2 aromatic carbocycles. The van der Waals surface area contributed by atoms with Gasteiger partial charge in [0.25, 0.3) is 0 Å². The van der Waals surface area contributed by atoms with Crippen LogP contribution in [0.3, 0.4) is 0 Å². The fraction of sp³-hybridized carbons (Fsp3) is 0.125. The van der Waals surface area contributed by atoms with Gasteiger partial charge in [0.05, 0.1) is 11.0 Å². The Kier molecular flexibility index (Phi) is 4.84. The number of thiophene rings is 1. The van der Waals surface area contributed by atoms with E-state index in [1.54, 1.807) is 12.1 Å². The number of hydrogen-bond acceptors (Lipinski definition) is 4. The Morgan fingerprint density at radius 1 is 1.13 bits per heavy atom. The maximum absolute atomic E-state index is 12.2. The largest absolute Gasteiger partial charge is 0.387 e. The summed E-state index contributed by atoms with van der Waals surface area (Å²) in [7, 11) is -3.64. The topological polar surface area (TPSA) is 66.4 Å². The van der Waals surface area contributed by atoms with Crippen molar-refractivity contribution in [1.29, 1.82) is 0 Å². The summed E-state index contributed by atoms with van der Waals surface area (Å²) in [5.41, 5.74) is 0.740. The Morgan fingerprint density at radius 3 is 2.57 bits per heavy atom. The molecule has 1 atom stereocenters. The predicted molar refractivity (Wildman–Crippen MR) is 96.1 cm³/mol. The molecule has 0 saturated heterocycles. The monoisotopic (exact) mass is 411 g/mol. The quantitative estimate of drug-likeness (QED) is 0.672. The molecule has 120 valence electrons. The van der Waals surface area contributed by atoms with Gasteiger partial charge < -0.3 is 5.11 Å². The number of aliphatic hydroxyl groups excluding tert-OH is 1. The molecule has 0 aliphatic rings. The second-order valence-corrected chi connectivity index (χ2v) is 8.60. The van der Waals surface area contributed by atoms with Gasteiger partial charge in [-0.05, 0) is 41.1 Å². The Labute approximate surface area is 147 Å². The highest BCUT2D eigenvalue weighted by Crippen LogP contribution is 2.30. The first-order chi connectivity index (χ1) is 11.0. The van der Waals surface area contributed by atoms with Gasteiger partial charge in [0.1, 0.15) is 0 Å². The maximum Gasteiger partial charge on any atom is 0.240 e. The van der Waals surface area contributed by atoms with Crippen LogP contribution in [-0.4, -0.2) is 20.1 Å². The van der Waals surface area contributed by atoms with E-state index in [0.29, 0.717) is 0 Å². The van der Waals surface area contributed by atoms with Crippen molar-refractivity contribution in [2.24, 2.45) is 0 Å². The second-order valence-electron chi connectivity index (χ2n) is 5.01. The number of fused-ring (bicyclic) bond motifs is 1. The van der Waals surface area contributed by atoms with Crippen LogP contribution < -0.4 is 4.72 Å². The zero-order chi connectivity index (χ0) is 16.4. The molecular weight excluding hydrogens is 398 g/mol. The van der Waals surface area contributed by atoms with Crippen LogP contribution in [0, 0.1) is 0 Å². The average Bonchev–Trinajstić information content (AvgIpc) is 2.97. The number of benzene rings is 2. The Bertz CT molecular complexity index is 920. The second kappa shape index (κ2) is 6.70. The normalized spacial score (nSPS) is 13.3. The summed E-state index contributed by atoms with van der Waals surface area (Å²) in [6, 6.07) is 14.1. The highest BCUT2D eigenvalue weighted by Gasteiger charge is 2.18. The van der Waals surface area contributed by atoms with Gasteiger partial charge in [0, 0.05) is 21.3 Å². The molecule has 0 fully saturated rings. The lowest BCUT2D eigenvalue weighted by Gasteiger charge is -2.12. The fourth-order valence-electron chi connectivity index (χ4n) is 2.25. The number of nitrogens with one attached hydrogen (secondary N) is 1. The minimum Gasteiger partial charge on any atom is -0.387 e. The number of hydrogen-bond donors (Lipinski definition) is 2. The van der Waals surface area contributed by atoms with Crippen molar-refractivity contribution in [3.05, 3.63) is 63.9 Å². The van der Waals surface area contributed by atoms with Gasteiger partial charge in [-0.3, -0.25) is 0 Å². The first-order valence-electron chi connectivity index (χ1n) is 6.87. The molecule has 0 spiro atoms. The Hall–Kier alpha value is -1.25. The number of aliphatic hydroxyl groups is 1. The Balaban J connectivity index is 1.76. The van der Waals surface area contributed by atoms with Gasteiger partial charge in [-0.25, -0.2) is 13.1 Å². The summed E-state index contributed by atoms with van der Waals surface area (Å²) in [6.07, 6.45) is -0.892. The van der Waals surface area contributed by atoms with Gasteiger partial charge in [-0.15, -0.1) is 11.3 Å². The third-order valence-corrected chi connectivity index (χ3v) is 6.41. The van der Waals surface area contributed by atoms with Crippen LogP contribution in [0.5, 0.6) is 0 Å². The minimum atomic E-state index is -3.64. The van der Waals surface area contributed by atoms with E-state index in [4.69, 9.17) is 0 Å². The SMILES string of the molecule is O=S(=O)(NCC(O)c1csc2ccccc12)c1ccc(Br)cc1. The molecule has 0 aliphatic carbocycles. The number of sulfonamides is 1. The van der Waals surface area contributed by atoms with Crippen molar-refractivity contribution in [2.75, 3.05) is 6.54 Å². The molecule has 7 heteroatoms. The van der Waals surface area contributed by atoms with Gasteiger partial charge >= 0.3 is 0 Å². The van der Waals surface area contributed by atoms with Crippen molar-refractivity contribution in [3.8, 4) is 0 Å². The van der Waals surface area contributed by atoms with Crippen LogP contribution in [0.2, 0.25) is 0 Å². The number of halogens is 1. The minimum absolute atomic E-state index is 0.0703. The first-order valence-corrected chi connectivity index (χ1v) is 10.0. The van der Waals surface area contributed by atoms with E-state index in [-0.39, 0.29) is 11.4 Å². The van der Waals surface area contributed by atoms with Gasteiger partial charge in [-0.1, -0.05) is 34.1 Å². The van der Waals surface area contributed by atoms with E-state index in [9.17, 15) is 13.5 Å². The standard InChI is InChI=1S/C16H14BrNO3S2/c17-11-5-7-12(8-6-11)23(20,21)18-9-15(19)14-10-22-16-4-2-1-3-13(14)16/h1-8,10,15,18-19H,9H2. The van der Waals surface area contributed by atoms with Crippen molar-refractivity contribution < 1.29 is 13.5 Å². The summed E-state index contributed by atoms with van der Waals surface area (Å²) >= 11 is 4.80. The predicted octanol–water partition coefficient (Wildman–Crippen LogP) is 3.68. The van der Waals surface area contributed by atoms with Crippen molar-refractivity contribution in [3.63, 3.8) is 0 Å². The maximum atomic E-state index is 12.2. The van der Waals surface area contributed by atoms with E-state index in [1.807, 2.05) is 29.6 Å². The lowest BCUT2D eigenvalue weighted by molar-refractivity contribution is 0.184. The molecule has 1 aromatic heterocycles. The summed E-state index contributed by atoms with van der Waals surface area (Å²) in [4.78, 5) is 0.170. The van der Waals surface area contributed by atoms with Crippen molar-refractivity contribution in [1.82, 2.24) is 4.72 Å². The molecule has 0 saturated carbocycles. The molecule has 0 bridgehead atoms. The van der Waals surface area contributed by atoms with Gasteiger partial charge in [0.15, 0.2) is 0 Å². The fourth-order valence-corrected chi connectivity index (χ4v) is 4.56. The molecule has 1 unspecified atom stereocenters. The number of rotatable bonds is 5. The van der Waals surface area contributed by atoms with Gasteiger partial charge in [0.2, 0.25) is 10.0 Å². The summed E-state index contributed by atoms with van der Waals surface area (Å²) < 4.78 is 28.8. The molecule has 0 amide bonds. The smallest absolute Gasteiger partial charge is 0.240 e. The molecule has 3 aromatic rings. The van der Waals surface area contributed by atoms with Crippen LogP contribution in [0.1, 0.15) is 11.7 Å². The third kappa shape index (κ3) is 3.64. The molecule has 23 heavy (non-hydrogen) atoms. The van der Waals surface area contributed by atoms with Crippen LogP contribution in [0.25, 0.3) is 10.1 Å². The highest BCUT2D eigenvalue weighted by atomic mass is 79.9. The van der Waals surface area contributed by atoms with E-state index in [2.05, 4.69) is 20.7 Å². The van der Waals surface area contributed by atoms with E-state index >= 15 is 0 Å². The Morgan fingerprint density at radius 2 is 1.83 bits per heavy atom. The third-order valence-electron chi connectivity index (χ3n) is 3.46. The molecule has 3 rings (SSSR count). The average molecular weight is 412 g/mol. The zero-order valence-corrected chi connectivity index (χ0v) is 15.2. The molecule has 0 aliphatic heterocycles. The first kappa shape index (κ1) is 16.6. The van der Waals surface area contributed by atoms with Gasteiger partial charge in [-0.2, -0.15) is 0 Å². The molecule has 4 nitrogen and oxygen atoms in total. The van der Waals surface area contributed by atoms with Crippen molar-refractivity contribution >= 4 is 47.4 Å². The van der Waals surface area contributed by atoms with Crippen molar-refractivity contribution in [2.45, 2.75) is 11.0 Å². The van der Waals surface area contributed by atoms with E-state index in [0.717, 1.165) is 20.1 Å². The van der Waals surface area contributed by atoms with E-state index in [1.165, 1.54) is 23.5 Å². The zero-order valence-electron chi connectivity index (χ0n) is 11.9. The lowest BCUT2D eigenvalue weighted by Crippen LogP contribution is -2.28. The molecule has 0 radical (unpaired) electrons. The molecule has 2 N–H and O–H groups in total. The van der Waals surface area contributed by atoms with E-state index < -0.39 is 16.1 Å². The molecular formula is C16H14BrNO3S2. The summed E-state index contributed by atoms with van der Waals surface area (Å²) in [6.45, 7) is -0.0703. The van der Waals surface area contributed by atoms with Crippen LogP contribution in [-0.2, 0) is 10.0 Å². The highest BCUT2D eigenvalue weighted by molar-refractivity contribution is 9.10. The van der Waals surface area contributed by atoms with Crippen LogP contribution >= 0.6 is 27.3 Å². The van der Waals surface area contributed by atoms with Crippen LogP contribution in [0.4, 0.5) is 0 Å². The summed E-state index contributed by atoms with van der Waals surface area (Å²) in [5.74, 6) is 0. The van der Waals surface area contributed by atoms with Crippen LogP contribution in [0.15, 0.2) is 63.3 Å². The lowest BCUT2D eigenvalue weighted by atomic mass is 10.1. The molecule has 1 heterocycles. The summed E-state index contributed by atoms with van der Waals surface area (Å²) in [5, 5.41) is 13.2.